The van der Waals surface area contributed by atoms with E-state index < -0.39 is 6.04 Å². The lowest BCUT2D eigenvalue weighted by Gasteiger charge is -2.30. The van der Waals surface area contributed by atoms with Crippen LogP contribution in [0.5, 0.6) is 0 Å². The number of rotatable bonds is 1. The smallest absolute Gasteiger partial charge is 0.257 e. The minimum atomic E-state index is -0.516. The molecule has 21 heavy (non-hydrogen) atoms. The summed E-state index contributed by atoms with van der Waals surface area (Å²) < 4.78 is 5.27. The summed E-state index contributed by atoms with van der Waals surface area (Å²) in [7, 11) is 0. The number of guanidine groups is 1. The molecule has 3 heterocycles. The van der Waals surface area contributed by atoms with E-state index in [1.165, 1.54) is 6.20 Å². The zero-order valence-electron chi connectivity index (χ0n) is 11.3. The topological polar surface area (TPSA) is 129 Å². The molecule has 4 N–H and O–H groups in total. The van der Waals surface area contributed by atoms with Gasteiger partial charge < -0.3 is 20.5 Å². The van der Waals surface area contributed by atoms with E-state index in [0.29, 0.717) is 37.8 Å². The van der Waals surface area contributed by atoms with E-state index in [2.05, 4.69) is 20.0 Å². The van der Waals surface area contributed by atoms with Gasteiger partial charge in [-0.05, 0) is 0 Å². The van der Waals surface area contributed by atoms with Crippen molar-refractivity contribution in [3.63, 3.8) is 0 Å². The Morgan fingerprint density at radius 2 is 2.19 bits per heavy atom. The zero-order chi connectivity index (χ0) is 14.8. The first-order chi connectivity index (χ1) is 10.1. The zero-order valence-corrected chi connectivity index (χ0v) is 11.3. The summed E-state index contributed by atoms with van der Waals surface area (Å²) in [5.74, 6) is 0.422. The number of aromatic nitrogens is 2. The van der Waals surface area contributed by atoms with Gasteiger partial charge in [-0.1, -0.05) is 0 Å². The maximum absolute atomic E-state index is 11.9. The van der Waals surface area contributed by atoms with Gasteiger partial charge in [0.15, 0.2) is 11.8 Å². The molecule has 1 aromatic rings. The number of aliphatic hydroxyl groups is 1. The largest absolute Gasteiger partial charge is 0.496 e. The lowest BCUT2D eigenvalue weighted by atomic mass is 10.1. The first-order valence-electron chi connectivity index (χ1n) is 6.65. The van der Waals surface area contributed by atoms with Crippen LogP contribution < -0.4 is 11.3 Å². The Morgan fingerprint density at radius 3 is 2.90 bits per heavy atom. The molecule has 0 bridgehead atoms. The minimum Gasteiger partial charge on any atom is -0.496 e. The third kappa shape index (κ3) is 2.87. The van der Waals surface area contributed by atoms with E-state index >= 15 is 0 Å². The molecule has 0 saturated carbocycles. The number of anilines is 1. The quantitative estimate of drug-likeness (QED) is 0.636. The number of H-pyrrole nitrogens is 1. The molecule has 2 aliphatic heterocycles. The fraction of sp³-hybridized carbons (Fsp3) is 0.500. The number of hydrogen-bond donors (Lipinski definition) is 3. The average molecular weight is 292 g/mol. The summed E-state index contributed by atoms with van der Waals surface area (Å²) in [4.78, 5) is 28.7. The third-order valence-corrected chi connectivity index (χ3v) is 3.38. The van der Waals surface area contributed by atoms with E-state index in [1.54, 1.807) is 0 Å². The van der Waals surface area contributed by atoms with Crippen LogP contribution in [0.25, 0.3) is 0 Å². The molecule has 2 aliphatic rings. The number of aliphatic imine (C=N–C) groups is 2. The molecule has 1 unspecified atom stereocenters. The lowest BCUT2D eigenvalue weighted by molar-refractivity contribution is 0.0672. The van der Waals surface area contributed by atoms with Crippen molar-refractivity contribution < 1.29 is 9.84 Å². The fourth-order valence-electron chi connectivity index (χ4n) is 2.30. The van der Waals surface area contributed by atoms with Crippen LogP contribution in [0, 0.1) is 0 Å². The molecular weight excluding hydrogens is 276 g/mol. The molecular formula is C12H16N6O3. The molecule has 1 saturated heterocycles. The van der Waals surface area contributed by atoms with Gasteiger partial charge in [0.25, 0.3) is 5.56 Å². The number of aromatic amines is 1. The Kier molecular flexibility index (Phi) is 3.57. The first kappa shape index (κ1) is 13.6. The summed E-state index contributed by atoms with van der Waals surface area (Å²) in [5, 5.41) is 9.84. The van der Waals surface area contributed by atoms with Gasteiger partial charge in [-0.2, -0.15) is 4.99 Å². The molecule has 3 rings (SSSR count). The van der Waals surface area contributed by atoms with Crippen molar-refractivity contribution in [2.75, 3.05) is 32.0 Å². The first-order valence-corrected chi connectivity index (χ1v) is 6.65. The molecule has 9 nitrogen and oxygen atoms in total. The Labute approximate surface area is 120 Å². The number of morpholine rings is 1. The van der Waals surface area contributed by atoms with Gasteiger partial charge in [-0.15, -0.1) is 0 Å². The molecule has 1 atom stereocenters. The van der Waals surface area contributed by atoms with E-state index in [0.717, 1.165) is 0 Å². The number of nitrogens with one attached hydrogen (secondary N) is 1. The number of ether oxygens (including phenoxy) is 1. The van der Waals surface area contributed by atoms with Crippen LogP contribution in [0.15, 0.2) is 21.0 Å². The summed E-state index contributed by atoms with van der Waals surface area (Å²) in [6.07, 6.45) is 1.56. The number of hydrogen-bond acceptors (Lipinski definition) is 7. The van der Waals surface area contributed by atoms with Crippen LogP contribution in [0.1, 0.15) is 18.0 Å². The average Bonchev–Trinajstić information content (AvgIpc) is 2.47. The van der Waals surface area contributed by atoms with E-state index in [9.17, 15) is 9.90 Å². The SMILES string of the molecule is Nc1ncc(C2CC(O)=NC(N3CCOCC3)=N2)c(=O)[nH]1. The second kappa shape index (κ2) is 5.52. The van der Waals surface area contributed by atoms with Crippen LogP contribution in [0.4, 0.5) is 5.95 Å². The monoisotopic (exact) mass is 292 g/mol. The Balaban J connectivity index is 1.90. The molecule has 0 aromatic carbocycles. The number of nitrogen functional groups attached to an aromatic ring is 1. The van der Waals surface area contributed by atoms with Crippen molar-refractivity contribution in [1.82, 2.24) is 14.9 Å². The van der Waals surface area contributed by atoms with Crippen molar-refractivity contribution in [2.24, 2.45) is 9.98 Å². The summed E-state index contributed by atoms with van der Waals surface area (Å²) in [6, 6.07) is -0.516. The van der Waals surface area contributed by atoms with Crippen LogP contribution in [0.3, 0.4) is 0 Å². The van der Waals surface area contributed by atoms with Gasteiger partial charge in [-0.25, -0.2) is 9.98 Å². The standard InChI is InChI=1S/C12H16N6O3/c13-11-14-6-7(10(20)17-11)8-5-9(19)16-12(15-8)18-1-3-21-4-2-18/h6,8H,1-5H2,(H,15,16,19)(H3,13,14,17,20). The highest BCUT2D eigenvalue weighted by atomic mass is 16.5. The Hall–Kier alpha value is -2.42. The normalized spacial score (nSPS) is 22.7. The van der Waals surface area contributed by atoms with Crippen molar-refractivity contribution >= 4 is 17.8 Å². The Bertz CT molecular complexity index is 647. The van der Waals surface area contributed by atoms with Crippen LogP contribution in [-0.2, 0) is 4.74 Å². The molecule has 1 aromatic heterocycles. The van der Waals surface area contributed by atoms with Crippen LogP contribution in [0.2, 0.25) is 0 Å². The lowest BCUT2D eigenvalue weighted by Crippen LogP contribution is -2.41. The highest BCUT2D eigenvalue weighted by Gasteiger charge is 2.25. The number of nitrogens with zero attached hydrogens (tertiary/aromatic N) is 4. The molecule has 112 valence electrons. The van der Waals surface area contributed by atoms with E-state index in [4.69, 9.17) is 10.5 Å². The van der Waals surface area contributed by atoms with E-state index in [-0.39, 0.29) is 23.8 Å². The highest BCUT2D eigenvalue weighted by molar-refractivity contribution is 5.94. The summed E-state index contributed by atoms with van der Waals surface area (Å²) in [6.45, 7) is 2.48. The molecule has 0 radical (unpaired) electrons. The van der Waals surface area contributed by atoms with Gasteiger partial charge >= 0.3 is 0 Å². The van der Waals surface area contributed by atoms with Gasteiger partial charge in [0.1, 0.15) is 0 Å². The molecule has 9 heteroatoms. The van der Waals surface area contributed by atoms with Crippen molar-refractivity contribution in [2.45, 2.75) is 12.5 Å². The van der Waals surface area contributed by atoms with Crippen molar-refractivity contribution in [3.05, 3.63) is 22.1 Å². The number of aliphatic hydroxyl groups excluding tert-OH is 1. The third-order valence-electron chi connectivity index (χ3n) is 3.38. The maximum Gasteiger partial charge on any atom is 0.257 e. The second-order valence-corrected chi connectivity index (χ2v) is 4.83. The fourth-order valence-corrected chi connectivity index (χ4v) is 2.30. The molecule has 1 fully saturated rings. The molecule has 0 aliphatic carbocycles. The van der Waals surface area contributed by atoms with Crippen molar-refractivity contribution in [1.29, 1.82) is 0 Å². The number of nitrogens with two attached hydrogens (primary N) is 1. The second-order valence-electron chi connectivity index (χ2n) is 4.83. The predicted molar refractivity (Wildman–Crippen MR) is 76.5 cm³/mol. The van der Waals surface area contributed by atoms with Gasteiger partial charge in [0, 0.05) is 19.3 Å². The summed E-state index contributed by atoms with van der Waals surface area (Å²) in [5.41, 5.74) is 5.43. The minimum absolute atomic E-state index is 0.0484. The molecule has 0 spiro atoms. The molecule has 0 amide bonds. The summed E-state index contributed by atoms with van der Waals surface area (Å²) >= 11 is 0. The van der Waals surface area contributed by atoms with Crippen LogP contribution in [-0.4, -0.2) is 58.1 Å². The van der Waals surface area contributed by atoms with E-state index in [1.807, 2.05) is 4.90 Å². The van der Waals surface area contributed by atoms with Gasteiger partial charge in [0.2, 0.25) is 5.96 Å². The van der Waals surface area contributed by atoms with Crippen LogP contribution >= 0.6 is 0 Å². The highest BCUT2D eigenvalue weighted by Crippen LogP contribution is 2.23. The predicted octanol–water partition coefficient (Wildman–Crippen LogP) is -0.558. The van der Waals surface area contributed by atoms with Gasteiger partial charge in [-0.3, -0.25) is 9.78 Å². The maximum atomic E-state index is 11.9. The van der Waals surface area contributed by atoms with Crippen molar-refractivity contribution in [3.8, 4) is 0 Å². The van der Waals surface area contributed by atoms with Gasteiger partial charge in [0.05, 0.1) is 31.2 Å². The Morgan fingerprint density at radius 1 is 1.43 bits per heavy atom.